The van der Waals surface area contributed by atoms with Crippen molar-refractivity contribution in [3.63, 3.8) is 0 Å². The van der Waals surface area contributed by atoms with Gasteiger partial charge in [0.05, 0.1) is 0 Å². The molecule has 0 nitrogen and oxygen atoms in total. The largest absolute Gasteiger partial charge is 0.138 e. The molecule has 0 heterocycles. The van der Waals surface area contributed by atoms with Gasteiger partial charge in [0.25, 0.3) is 0 Å². The smallest absolute Gasteiger partial charge is 0.0673 e. The van der Waals surface area contributed by atoms with E-state index in [0.717, 1.165) is 39.1 Å². The Kier molecular flexibility index (Phi) is 8.84. The van der Waals surface area contributed by atoms with Gasteiger partial charge in [-0.3, -0.25) is 0 Å². The van der Waals surface area contributed by atoms with Crippen molar-refractivity contribution in [2.75, 3.05) is 0 Å². The van der Waals surface area contributed by atoms with Gasteiger partial charge in [-0.2, -0.15) is 0 Å². The minimum atomic E-state index is -1.55. The lowest BCUT2D eigenvalue weighted by Crippen LogP contribution is -2.76. The fraction of sp³-hybridized carbons (Fsp3) is 1.00. The second-order valence-corrected chi connectivity index (χ2v) is 24.4. The maximum Gasteiger partial charge on any atom is 0.138 e. The molecule has 0 aliphatic heterocycles. The summed E-state index contributed by atoms with van der Waals surface area (Å²) in [6.07, 6.45) is 0. The summed E-state index contributed by atoms with van der Waals surface area (Å²) in [7, 11) is -3.11. The Bertz CT molecular complexity index is 327. The molecule has 0 radical (unpaired) electrons. The lowest BCUT2D eigenvalue weighted by molar-refractivity contribution is 0.729. The Morgan fingerprint density at radius 2 is 0.600 bits per heavy atom. The molecular formula is C22H51BSi2. The Hall–Kier alpha value is 0.499. The molecule has 0 saturated heterocycles. The van der Waals surface area contributed by atoms with E-state index in [1.807, 2.05) is 0 Å². The van der Waals surface area contributed by atoms with Gasteiger partial charge in [0.2, 0.25) is 0 Å². The topological polar surface area (TPSA) is 0 Å². The van der Waals surface area contributed by atoms with Crippen molar-refractivity contribution < 1.29 is 0 Å². The molecule has 3 heteroatoms. The predicted molar refractivity (Wildman–Crippen MR) is 128 cm³/mol. The lowest BCUT2D eigenvalue weighted by atomic mass is 9.70. The molecule has 0 N–H and O–H groups in total. The van der Waals surface area contributed by atoms with Gasteiger partial charge >= 0.3 is 0 Å². The van der Waals surface area contributed by atoms with E-state index in [1.165, 1.54) is 0 Å². The van der Waals surface area contributed by atoms with Crippen molar-refractivity contribution in [2.45, 2.75) is 142 Å². The van der Waals surface area contributed by atoms with Crippen LogP contribution in [-0.2, 0) is 0 Å². The zero-order valence-electron chi connectivity index (χ0n) is 20.5. The van der Waals surface area contributed by atoms with Crippen LogP contribution in [0.2, 0.25) is 38.6 Å². The number of hydrogen-bond donors (Lipinski definition) is 0. The highest BCUT2D eigenvalue weighted by atomic mass is 28.4. The summed E-state index contributed by atoms with van der Waals surface area (Å²) in [4.78, 5) is 0. The first-order valence-corrected chi connectivity index (χ1v) is 15.6. The molecule has 0 amide bonds. The summed E-state index contributed by atoms with van der Waals surface area (Å²) in [5.74, 6) is 0.951. The van der Waals surface area contributed by atoms with Gasteiger partial charge < -0.3 is 0 Å². The average molecular weight is 383 g/mol. The van der Waals surface area contributed by atoms with Crippen molar-refractivity contribution in [3.8, 4) is 0 Å². The van der Waals surface area contributed by atoms with Gasteiger partial charge in [0.15, 0.2) is 0 Å². The van der Waals surface area contributed by atoms with Crippen molar-refractivity contribution in [2.24, 2.45) is 0 Å². The van der Waals surface area contributed by atoms with E-state index in [-0.39, 0.29) is 0 Å². The molecule has 0 aliphatic rings. The van der Waals surface area contributed by atoms with Crippen LogP contribution in [0, 0.1) is 0 Å². The average Bonchev–Trinajstić information content (AvgIpc) is 2.34. The molecule has 0 aromatic rings. The summed E-state index contributed by atoms with van der Waals surface area (Å²) < 4.78 is 0. The molecule has 0 aromatic carbocycles. The van der Waals surface area contributed by atoms with Crippen LogP contribution in [0.1, 0.15) is 104 Å². The lowest BCUT2D eigenvalue weighted by Gasteiger charge is -2.62. The van der Waals surface area contributed by atoms with Gasteiger partial charge in [-0.25, -0.2) is 0 Å². The van der Waals surface area contributed by atoms with E-state index in [4.69, 9.17) is 0 Å². The van der Waals surface area contributed by atoms with Crippen LogP contribution in [0.15, 0.2) is 0 Å². The van der Waals surface area contributed by atoms with Crippen LogP contribution in [0.5, 0.6) is 0 Å². The summed E-state index contributed by atoms with van der Waals surface area (Å²) >= 11 is 0. The Balaban J connectivity index is 7.20. The fourth-order valence-corrected chi connectivity index (χ4v) is 32.4. The molecule has 0 rings (SSSR count). The van der Waals surface area contributed by atoms with Crippen LogP contribution in [0.4, 0.5) is 0 Å². The molecule has 0 spiro atoms. The third-order valence-electron chi connectivity index (χ3n) is 7.87. The number of hydrogen-bond acceptors (Lipinski definition) is 0. The molecule has 0 saturated carbocycles. The molecule has 0 aromatic heterocycles. The highest BCUT2D eigenvalue weighted by molar-refractivity contribution is 7.63. The van der Waals surface area contributed by atoms with Crippen molar-refractivity contribution in [1.29, 1.82) is 0 Å². The van der Waals surface area contributed by atoms with Gasteiger partial charge in [-0.1, -0.05) is 142 Å². The van der Waals surface area contributed by atoms with Crippen LogP contribution >= 0.6 is 0 Å². The Morgan fingerprint density at radius 3 is 0.680 bits per heavy atom. The van der Waals surface area contributed by atoms with E-state index in [2.05, 4.69) is 104 Å². The molecular weight excluding hydrogens is 331 g/mol. The van der Waals surface area contributed by atoms with Crippen molar-refractivity contribution in [3.05, 3.63) is 0 Å². The van der Waals surface area contributed by atoms with Gasteiger partial charge in [0, 0.05) is 15.9 Å². The zero-order chi connectivity index (χ0) is 20.5. The van der Waals surface area contributed by atoms with E-state index in [0.29, 0.717) is 5.31 Å². The Labute approximate surface area is 164 Å². The summed E-state index contributed by atoms with van der Waals surface area (Å²) in [6, 6.07) is 0. The molecule has 0 atom stereocenters. The third kappa shape index (κ3) is 4.18. The van der Waals surface area contributed by atoms with Crippen LogP contribution < -0.4 is 0 Å². The minimum Gasteiger partial charge on any atom is -0.0673 e. The van der Waals surface area contributed by atoms with Crippen LogP contribution in [0.3, 0.4) is 0 Å². The number of rotatable bonds is 8. The summed E-state index contributed by atoms with van der Waals surface area (Å²) in [6.45, 7) is 38.6. The molecule has 0 aliphatic carbocycles. The molecule has 150 valence electrons. The zero-order valence-corrected chi connectivity index (χ0v) is 22.5. The Morgan fingerprint density at radius 1 is 0.440 bits per heavy atom. The first-order valence-electron chi connectivity index (χ1n) is 11.0. The van der Waals surface area contributed by atoms with Crippen molar-refractivity contribution in [1.82, 2.24) is 0 Å². The molecule has 0 fully saturated rings. The summed E-state index contributed by atoms with van der Waals surface area (Å²) in [5, 5.41) is 0.399. The minimum absolute atomic E-state index is 0.399. The van der Waals surface area contributed by atoms with Gasteiger partial charge in [-0.15, -0.1) is 0 Å². The van der Waals surface area contributed by atoms with E-state index in [1.54, 1.807) is 0 Å². The molecule has 0 bridgehead atoms. The second-order valence-electron chi connectivity index (χ2n) is 11.7. The standard InChI is InChI=1S/C22H51BSi2/c1-16(2)24(17(3)4,18(5)6)23(22(13,14)15)25(19(7)8,20(9)10)21(11)12/h16-21H,1-15H3. The van der Waals surface area contributed by atoms with Gasteiger partial charge in [0.1, 0.15) is 5.90 Å². The van der Waals surface area contributed by atoms with Crippen LogP contribution in [-0.4, -0.2) is 21.8 Å². The first kappa shape index (κ1) is 25.5. The highest BCUT2D eigenvalue weighted by Gasteiger charge is 2.65. The molecule has 0 unspecified atom stereocenters. The monoisotopic (exact) mass is 382 g/mol. The summed E-state index contributed by atoms with van der Waals surface area (Å²) in [5.41, 5.74) is 5.08. The first-order chi connectivity index (χ1) is 11.0. The highest BCUT2D eigenvalue weighted by Crippen LogP contribution is 2.58. The van der Waals surface area contributed by atoms with Crippen LogP contribution in [0.25, 0.3) is 0 Å². The van der Waals surface area contributed by atoms with Crippen molar-refractivity contribution >= 4 is 21.8 Å². The van der Waals surface area contributed by atoms with E-state index in [9.17, 15) is 0 Å². The fourth-order valence-electron chi connectivity index (χ4n) is 7.93. The third-order valence-corrected chi connectivity index (χ3v) is 26.6. The maximum absolute atomic E-state index is 2.58. The second kappa shape index (κ2) is 8.67. The molecule has 25 heavy (non-hydrogen) atoms. The quantitative estimate of drug-likeness (QED) is 0.368. The predicted octanol–water partition coefficient (Wildman–Crippen LogP) is 8.80. The SMILES string of the molecule is CC(C)[Si](B(C(C)(C)C)[Si](C(C)C)(C(C)C)C(C)C)(C(C)C)C(C)C. The van der Waals surface area contributed by atoms with E-state index >= 15 is 0 Å². The van der Waals surface area contributed by atoms with E-state index < -0.39 is 15.9 Å². The maximum atomic E-state index is 2.58. The van der Waals surface area contributed by atoms with Gasteiger partial charge in [-0.05, 0) is 0 Å². The normalized spacial score (nSPS) is 14.8.